The Bertz CT molecular complexity index is 733. The van der Waals surface area contributed by atoms with Crippen LogP contribution in [0, 0.1) is 20.8 Å². The largest absolute Gasteiger partial charge is 0.391 e. The van der Waals surface area contributed by atoms with Gasteiger partial charge in [-0.1, -0.05) is 6.07 Å². The van der Waals surface area contributed by atoms with Crippen LogP contribution in [0.15, 0.2) is 24.3 Å². The Morgan fingerprint density at radius 2 is 1.92 bits per heavy atom. The first-order chi connectivity index (χ1) is 11.4. The summed E-state index contributed by atoms with van der Waals surface area (Å²) in [5.74, 6) is 0.525. The van der Waals surface area contributed by atoms with Crippen LogP contribution in [0.25, 0.3) is 5.69 Å². The van der Waals surface area contributed by atoms with E-state index in [4.69, 9.17) is 0 Å². The normalized spacial score (nSPS) is 17.8. The third-order valence-corrected chi connectivity index (χ3v) is 4.26. The van der Waals surface area contributed by atoms with Gasteiger partial charge in [-0.3, -0.25) is 5.32 Å². The van der Waals surface area contributed by atoms with Gasteiger partial charge in [0.25, 0.3) is 0 Å². The van der Waals surface area contributed by atoms with E-state index >= 15 is 0 Å². The second-order valence-electron chi connectivity index (χ2n) is 6.60. The number of β-amino-alcohol motifs (C(OH)–C–C–N with tert-alkyl or cyclic N) is 1. The van der Waals surface area contributed by atoms with Crippen molar-refractivity contribution in [3.63, 3.8) is 0 Å². The molecule has 1 saturated heterocycles. The van der Waals surface area contributed by atoms with E-state index in [0.29, 0.717) is 18.9 Å². The van der Waals surface area contributed by atoms with Gasteiger partial charge in [0.05, 0.1) is 11.8 Å². The van der Waals surface area contributed by atoms with Gasteiger partial charge in [0.1, 0.15) is 0 Å². The number of nitrogens with one attached hydrogen (secondary N) is 1. The molecule has 0 radical (unpaired) electrons. The number of piperidine rings is 1. The maximum absolute atomic E-state index is 12.3. The van der Waals surface area contributed by atoms with Gasteiger partial charge in [0.2, 0.25) is 0 Å². The first-order valence-corrected chi connectivity index (χ1v) is 8.32. The number of likely N-dealkylation sites (tertiary alicyclic amines) is 1. The number of nitrogens with zero attached hydrogens (tertiary/aromatic N) is 3. The number of amides is 2. The molecule has 6 nitrogen and oxygen atoms in total. The van der Waals surface area contributed by atoms with E-state index in [9.17, 15) is 9.90 Å². The van der Waals surface area contributed by atoms with E-state index in [1.54, 1.807) is 4.90 Å². The number of aromatic nitrogens is 2. The van der Waals surface area contributed by atoms with Crippen LogP contribution in [0.1, 0.15) is 29.7 Å². The predicted molar refractivity (Wildman–Crippen MR) is 93.6 cm³/mol. The maximum atomic E-state index is 12.3. The van der Waals surface area contributed by atoms with Crippen molar-refractivity contribution < 1.29 is 9.90 Å². The monoisotopic (exact) mass is 328 g/mol. The second-order valence-corrected chi connectivity index (χ2v) is 6.60. The first-order valence-electron chi connectivity index (χ1n) is 8.32. The number of aliphatic hydroxyl groups excluding tert-OH is 1. The number of anilines is 1. The number of urea groups is 1. The second kappa shape index (κ2) is 6.65. The predicted octanol–water partition coefficient (Wildman–Crippen LogP) is 2.79. The van der Waals surface area contributed by atoms with Crippen LogP contribution in [0.4, 0.5) is 10.6 Å². The highest BCUT2D eigenvalue weighted by Gasteiger charge is 2.22. The molecule has 0 aliphatic carbocycles. The lowest BCUT2D eigenvalue weighted by atomic mass is 10.1. The number of aryl methyl sites for hydroxylation is 3. The molecule has 128 valence electrons. The number of carbonyl (C=O) groups is 1. The van der Waals surface area contributed by atoms with Crippen molar-refractivity contribution in [3.8, 4) is 5.69 Å². The van der Waals surface area contributed by atoms with Gasteiger partial charge in [-0.2, -0.15) is 0 Å². The van der Waals surface area contributed by atoms with Crippen LogP contribution in [0.2, 0.25) is 0 Å². The van der Waals surface area contributed by atoms with Gasteiger partial charge in [-0.15, -0.1) is 5.10 Å². The molecule has 1 atom stereocenters. The van der Waals surface area contributed by atoms with Crippen molar-refractivity contribution in [3.05, 3.63) is 41.1 Å². The minimum Gasteiger partial charge on any atom is -0.391 e. The Morgan fingerprint density at radius 3 is 2.58 bits per heavy atom. The summed E-state index contributed by atoms with van der Waals surface area (Å²) in [5, 5.41) is 17.1. The topological polar surface area (TPSA) is 70.4 Å². The molecule has 1 aliphatic rings. The molecule has 1 aromatic carbocycles. The van der Waals surface area contributed by atoms with Crippen LogP contribution < -0.4 is 5.32 Å². The van der Waals surface area contributed by atoms with Gasteiger partial charge >= 0.3 is 6.03 Å². The lowest BCUT2D eigenvalue weighted by Gasteiger charge is -2.29. The van der Waals surface area contributed by atoms with Crippen molar-refractivity contribution in [1.82, 2.24) is 14.7 Å². The molecule has 1 unspecified atom stereocenters. The van der Waals surface area contributed by atoms with Crippen LogP contribution >= 0.6 is 0 Å². The van der Waals surface area contributed by atoms with Gasteiger partial charge in [0, 0.05) is 24.8 Å². The minimum atomic E-state index is -0.431. The van der Waals surface area contributed by atoms with E-state index in [0.717, 1.165) is 24.2 Å². The molecule has 0 spiro atoms. The highest BCUT2D eigenvalue weighted by Crippen LogP contribution is 2.19. The highest BCUT2D eigenvalue weighted by atomic mass is 16.3. The molecule has 3 rings (SSSR count). The third-order valence-electron chi connectivity index (χ3n) is 4.26. The van der Waals surface area contributed by atoms with Crippen molar-refractivity contribution in [2.24, 2.45) is 0 Å². The Kier molecular flexibility index (Phi) is 4.57. The summed E-state index contributed by atoms with van der Waals surface area (Å²) < 4.78 is 1.83. The molecule has 24 heavy (non-hydrogen) atoms. The minimum absolute atomic E-state index is 0.209. The number of carbonyl (C=O) groups excluding carboxylic acids is 1. The lowest BCUT2D eigenvalue weighted by molar-refractivity contribution is 0.0883. The fourth-order valence-electron chi connectivity index (χ4n) is 3.20. The summed E-state index contributed by atoms with van der Waals surface area (Å²) >= 11 is 0. The standard InChI is InChI=1S/C18H24N4O2/c1-12-7-13(2)9-15(8-12)22-14(3)10-17(20-22)19-18(24)21-6-4-5-16(23)11-21/h7-10,16,23H,4-6,11H2,1-3H3,(H,19,20,24). The molecule has 1 fully saturated rings. The number of rotatable bonds is 2. The zero-order valence-corrected chi connectivity index (χ0v) is 14.4. The Labute approximate surface area is 142 Å². The molecule has 0 bridgehead atoms. The highest BCUT2D eigenvalue weighted by molar-refractivity contribution is 5.88. The van der Waals surface area contributed by atoms with Gasteiger partial charge in [0.15, 0.2) is 5.82 Å². The summed E-state index contributed by atoms with van der Waals surface area (Å²) in [7, 11) is 0. The van der Waals surface area contributed by atoms with Crippen LogP contribution in [0.5, 0.6) is 0 Å². The number of hydrogen-bond acceptors (Lipinski definition) is 3. The molecule has 1 aromatic heterocycles. The first kappa shape index (κ1) is 16.5. The summed E-state index contributed by atoms with van der Waals surface area (Å²) in [6.45, 7) is 7.12. The Hall–Kier alpha value is -2.34. The molecule has 2 N–H and O–H groups in total. The van der Waals surface area contributed by atoms with Gasteiger partial charge in [-0.25, -0.2) is 9.48 Å². The van der Waals surface area contributed by atoms with Crippen molar-refractivity contribution in [2.75, 3.05) is 18.4 Å². The third kappa shape index (κ3) is 3.59. The molecule has 2 heterocycles. The quantitative estimate of drug-likeness (QED) is 0.890. The van der Waals surface area contributed by atoms with E-state index < -0.39 is 6.10 Å². The molecule has 6 heteroatoms. The molecule has 2 aromatic rings. The molecule has 0 saturated carbocycles. The summed E-state index contributed by atoms with van der Waals surface area (Å²) in [5.41, 5.74) is 4.29. The smallest absolute Gasteiger partial charge is 0.323 e. The molecule has 1 aliphatic heterocycles. The fourth-order valence-corrected chi connectivity index (χ4v) is 3.20. The number of hydrogen-bond donors (Lipinski definition) is 2. The number of aliphatic hydroxyl groups is 1. The van der Waals surface area contributed by atoms with Crippen LogP contribution in [0.3, 0.4) is 0 Å². The average molecular weight is 328 g/mol. The Balaban J connectivity index is 1.77. The fraction of sp³-hybridized carbons (Fsp3) is 0.444. The SMILES string of the molecule is Cc1cc(C)cc(-n2nc(NC(=O)N3CCCC(O)C3)cc2C)c1. The number of benzene rings is 1. The van der Waals surface area contributed by atoms with Crippen LogP contribution in [-0.2, 0) is 0 Å². The molecular formula is C18H24N4O2. The van der Waals surface area contributed by atoms with Gasteiger partial charge in [-0.05, 0) is 56.9 Å². The summed E-state index contributed by atoms with van der Waals surface area (Å²) in [4.78, 5) is 14.0. The van der Waals surface area contributed by atoms with Crippen molar-refractivity contribution in [2.45, 2.75) is 39.7 Å². The zero-order chi connectivity index (χ0) is 17.3. The average Bonchev–Trinajstić information content (AvgIpc) is 2.87. The van der Waals surface area contributed by atoms with E-state index in [-0.39, 0.29) is 6.03 Å². The summed E-state index contributed by atoms with van der Waals surface area (Å²) in [6, 6.07) is 7.90. The van der Waals surface area contributed by atoms with E-state index in [1.165, 1.54) is 11.1 Å². The van der Waals surface area contributed by atoms with Gasteiger partial charge < -0.3 is 10.0 Å². The zero-order valence-electron chi connectivity index (χ0n) is 14.4. The maximum Gasteiger partial charge on any atom is 0.323 e. The molecule has 2 amide bonds. The van der Waals surface area contributed by atoms with Crippen molar-refractivity contribution in [1.29, 1.82) is 0 Å². The molecular weight excluding hydrogens is 304 g/mol. The van der Waals surface area contributed by atoms with E-state index in [1.807, 2.05) is 17.7 Å². The summed E-state index contributed by atoms with van der Waals surface area (Å²) in [6.07, 6.45) is 1.15. The van der Waals surface area contributed by atoms with Crippen molar-refractivity contribution >= 4 is 11.8 Å². The van der Waals surface area contributed by atoms with E-state index in [2.05, 4.69) is 42.5 Å². The lowest BCUT2D eigenvalue weighted by Crippen LogP contribution is -2.44. The van der Waals surface area contributed by atoms with Crippen LogP contribution in [-0.4, -0.2) is 45.0 Å². The Morgan fingerprint density at radius 1 is 1.21 bits per heavy atom.